The summed E-state index contributed by atoms with van der Waals surface area (Å²) >= 11 is 3.53. The standard InChI is InChI=1S/C15H22BrNO2/c1-5-11(14(18)19-17)6-10-7-12(15(2,3)4)9-13(16)8-10/h7-9,11H,5-6,17H2,1-4H3. The van der Waals surface area contributed by atoms with Crippen molar-refractivity contribution >= 4 is 21.9 Å². The average molecular weight is 328 g/mol. The molecule has 0 bridgehead atoms. The second-order valence-electron chi connectivity index (χ2n) is 5.84. The number of carbonyl (C=O) groups is 1. The van der Waals surface area contributed by atoms with Crippen LogP contribution in [0.25, 0.3) is 0 Å². The SMILES string of the molecule is CCC(Cc1cc(Br)cc(C(C)(C)C)c1)C(=O)ON. The summed E-state index contributed by atoms with van der Waals surface area (Å²) in [7, 11) is 0. The van der Waals surface area contributed by atoms with Gasteiger partial charge in [-0.05, 0) is 41.5 Å². The fourth-order valence-corrected chi connectivity index (χ4v) is 2.52. The Kier molecular flexibility index (Phi) is 5.56. The Morgan fingerprint density at radius 3 is 2.47 bits per heavy atom. The van der Waals surface area contributed by atoms with Crippen molar-refractivity contribution in [2.75, 3.05) is 0 Å². The fourth-order valence-electron chi connectivity index (χ4n) is 1.98. The van der Waals surface area contributed by atoms with Crippen molar-refractivity contribution in [2.45, 2.75) is 46.0 Å². The molecule has 3 nitrogen and oxygen atoms in total. The zero-order valence-electron chi connectivity index (χ0n) is 12.0. The molecule has 0 fully saturated rings. The van der Waals surface area contributed by atoms with Crippen LogP contribution in [0.5, 0.6) is 0 Å². The van der Waals surface area contributed by atoms with Crippen LogP contribution < -0.4 is 5.90 Å². The van der Waals surface area contributed by atoms with Gasteiger partial charge >= 0.3 is 5.97 Å². The van der Waals surface area contributed by atoms with Crippen LogP contribution in [0.1, 0.15) is 45.2 Å². The molecule has 0 amide bonds. The maximum absolute atomic E-state index is 11.6. The van der Waals surface area contributed by atoms with Gasteiger partial charge in [0.25, 0.3) is 0 Å². The Morgan fingerprint density at radius 1 is 1.37 bits per heavy atom. The summed E-state index contributed by atoms with van der Waals surface area (Å²) in [6.45, 7) is 8.47. The van der Waals surface area contributed by atoms with Crippen molar-refractivity contribution in [2.24, 2.45) is 11.8 Å². The van der Waals surface area contributed by atoms with Gasteiger partial charge in [-0.1, -0.05) is 49.7 Å². The van der Waals surface area contributed by atoms with E-state index in [2.05, 4.69) is 53.7 Å². The Labute approximate surface area is 123 Å². The van der Waals surface area contributed by atoms with Crippen molar-refractivity contribution in [3.63, 3.8) is 0 Å². The highest BCUT2D eigenvalue weighted by molar-refractivity contribution is 9.10. The summed E-state index contributed by atoms with van der Waals surface area (Å²) in [4.78, 5) is 15.9. The predicted octanol–water partition coefficient (Wildman–Crippen LogP) is 3.73. The van der Waals surface area contributed by atoms with E-state index in [0.717, 1.165) is 10.0 Å². The number of nitrogens with two attached hydrogens (primary N) is 1. The third-order valence-electron chi connectivity index (χ3n) is 3.25. The van der Waals surface area contributed by atoms with Gasteiger partial charge in [0, 0.05) is 4.47 Å². The lowest BCUT2D eigenvalue weighted by molar-refractivity contribution is -0.149. The molecule has 0 aliphatic carbocycles. The van der Waals surface area contributed by atoms with Crippen LogP contribution in [-0.4, -0.2) is 5.97 Å². The number of hydrogen-bond donors (Lipinski definition) is 1. The van der Waals surface area contributed by atoms with Crippen molar-refractivity contribution in [3.05, 3.63) is 33.8 Å². The lowest BCUT2D eigenvalue weighted by Crippen LogP contribution is -2.22. The molecular weight excluding hydrogens is 306 g/mol. The highest BCUT2D eigenvalue weighted by Gasteiger charge is 2.20. The summed E-state index contributed by atoms with van der Waals surface area (Å²) in [5.74, 6) is 4.44. The van der Waals surface area contributed by atoms with Crippen LogP contribution in [0.4, 0.5) is 0 Å². The maximum atomic E-state index is 11.6. The number of halogens is 1. The second-order valence-corrected chi connectivity index (χ2v) is 6.76. The molecule has 4 heteroatoms. The van der Waals surface area contributed by atoms with E-state index in [0.29, 0.717) is 12.8 Å². The average Bonchev–Trinajstić information content (AvgIpc) is 2.33. The molecular formula is C15H22BrNO2. The Balaban J connectivity index is 3.01. The summed E-state index contributed by atoms with van der Waals surface area (Å²) < 4.78 is 1.03. The van der Waals surface area contributed by atoms with E-state index in [-0.39, 0.29) is 17.3 Å². The first-order valence-corrected chi connectivity index (χ1v) is 7.27. The van der Waals surface area contributed by atoms with Crippen LogP contribution >= 0.6 is 15.9 Å². The first-order chi connectivity index (χ1) is 8.77. The molecule has 0 aliphatic rings. The van der Waals surface area contributed by atoms with Crippen molar-refractivity contribution in [1.82, 2.24) is 0 Å². The third kappa shape index (κ3) is 4.62. The van der Waals surface area contributed by atoms with Crippen LogP contribution in [0.3, 0.4) is 0 Å². The van der Waals surface area contributed by atoms with Crippen LogP contribution in [0.15, 0.2) is 22.7 Å². The van der Waals surface area contributed by atoms with Crippen LogP contribution in [0, 0.1) is 5.92 Å². The smallest absolute Gasteiger partial charge is 0.327 e. The monoisotopic (exact) mass is 327 g/mol. The summed E-state index contributed by atoms with van der Waals surface area (Å²) in [5.41, 5.74) is 2.44. The molecule has 0 aliphatic heterocycles. The van der Waals surface area contributed by atoms with Gasteiger partial charge in [0.2, 0.25) is 0 Å². The van der Waals surface area contributed by atoms with Gasteiger partial charge < -0.3 is 4.84 Å². The fraction of sp³-hybridized carbons (Fsp3) is 0.533. The highest BCUT2D eigenvalue weighted by Crippen LogP contribution is 2.28. The molecule has 1 aromatic carbocycles. The summed E-state index contributed by atoms with van der Waals surface area (Å²) in [6, 6.07) is 6.31. The summed E-state index contributed by atoms with van der Waals surface area (Å²) in [6.07, 6.45) is 1.36. The minimum absolute atomic E-state index is 0.0780. The van der Waals surface area contributed by atoms with Gasteiger partial charge in [-0.25, -0.2) is 0 Å². The lowest BCUT2D eigenvalue weighted by atomic mass is 9.85. The normalized spacial score (nSPS) is 13.2. The molecule has 1 atom stereocenters. The van der Waals surface area contributed by atoms with Gasteiger partial charge in [0.1, 0.15) is 0 Å². The van der Waals surface area contributed by atoms with Gasteiger partial charge in [0.05, 0.1) is 5.92 Å². The van der Waals surface area contributed by atoms with Gasteiger partial charge in [-0.3, -0.25) is 4.79 Å². The van der Waals surface area contributed by atoms with Crippen molar-refractivity contribution in [1.29, 1.82) is 0 Å². The van der Waals surface area contributed by atoms with Crippen molar-refractivity contribution < 1.29 is 9.63 Å². The van der Waals surface area contributed by atoms with E-state index in [9.17, 15) is 4.79 Å². The zero-order valence-corrected chi connectivity index (χ0v) is 13.6. The number of hydrogen-bond acceptors (Lipinski definition) is 3. The minimum Gasteiger partial charge on any atom is -0.373 e. The quantitative estimate of drug-likeness (QED) is 0.857. The molecule has 1 rings (SSSR count). The van der Waals surface area contributed by atoms with E-state index >= 15 is 0 Å². The first-order valence-electron chi connectivity index (χ1n) is 6.48. The van der Waals surface area contributed by atoms with E-state index < -0.39 is 0 Å². The van der Waals surface area contributed by atoms with Crippen LogP contribution in [-0.2, 0) is 21.5 Å². The Hall–Kier alpha value is -0.870. The molecule has 0 saturated heterocycles. The van der Waals surface area contributed by atoms with E-state index in [1.807, 2.05) is 13.0 Å². The molecule has 1 aromatic rings. The molecule has 1 unspecified atom stereocenters. The molecule has 2 N–H and O–H groups in total. The third-order valence-corrected chi connectivity index (χ3v) is 3.71. The Bertz CT molecular complexity index is 452. The van der Waals surface area contributed by atoms with E-state index in [4.69, 9.17) is 5.90 Å². The zero-order chi connectivity index (χ0) is 14.6. The molecule has 0 saturated carbocycles. The highest BCUT2D eigenvalue weighted by atomic mass is 79.9. The topological polar surface area (TPSA) is 52.3 Å². The maximum Gasteiger partial charge on any atom is 0.327 e. The molecule has 19 heavy (non-hydrogen) atoms. The second kappa shape index (κ2) is 6.53. The van der Waals surface area contributed by atoms with E-state index in [1.54, 1.807) is 0 Å². The number of benzene rings is 1. The predicted molar refractivity (Wildman–Crippen MR) is 80.6 cm³/mol. The minimum atomic E-state index is -0.347. The van der Waals surface area contributed by atoms with Crippen LogP contribution in [0.2, 0.25) is 0 Å². The lowest BCUT2D eigenvalue weighted by Gasteiger charge is -2.21. The van der Waals surface area contributed by atoms with Gasteiger partial charge in [0.15, 0.2) is 0 Å². The van der Waals surface area contributed by atoms with Gasteiger partial charge in [-0.15, -0.1) is 0 Å². The molecule has 0 heterocycles. The largest absolute Gasteiger partial charge is 0.373 e. The number of rotatable bonds is 4. The number of carbonyl (C=O) groups excluding carboxylic acids is 1. The summed E-state index contributed by atoms with van der Waals surface area (Å²) in [5, 5.41) is 0. The first kappa shape index (κ1) is 16.2. The Morgan fingerprint density at radius 2 is 2.00 bits per heavy atom. The molecule has 0 spiro atoms. The molecule has 106 valence electrons. The molecule has 0 radical (unpaired) electrons. The van der Waals surface area contributed by atoms with E-state index in [1.165, 1.54) is 5.56 Å². The van der Waals surface area contributed by atoms with Gasteiger partial charge in [-0.2, -0.15) is 5.90 Å². The molecule has 0 aromatic heterocycles. The van der Waals surface area contributed by atoms with Crippen molar-refractivity contribution in [3.8, 4) is 0 Å².